The average Bonchev–Trinajstić information content (AvgIpc) is 2.60. The minimum absolute atomic E-state index is 0.560. The second-order valence-corrected chi connectivity index (χ2v) is 7.08. The topological polar surface area (TPSA) is 82.3 Å². The SMILES string of the molecule is C#CC[n+]1c(C)ccc2cc(C(=S)NOCC)ccc21.O=S(=O)([O-])C(F)(F)F. The van der Waals surface area contributed by atoms with Gasteiger partial charge in [0, 0.05) is 30.0 Å². The van der Waals surface area contributed by atoms with Gasteiger partial charge in [0.25, 0.3) is 0 Å². The Bertz CT molecular complexity index is 1000. The van der Waals surface area contributed by atoms with Crippen molar-refractivity contribution in [3.05, 3.63) is 41.6 Å². The van der Waals surface area contributed by atoms with Crippen LogP contribution in [-0.4, -0.2) is 30.1 Å². The molecule has 11 heteroatoms. The van der Waals surface area contributed by atoms with Crippen LogP contribution >= 0.6 is 12.2 Å². The van der Waals surface area contributed by atoms with Gasteiger partial charge in [-0.2, -0.15) is 17.7 Å². The fourth-order valence-electron chi connectivity index (χ4n) is 2.06. The molecule has 0 saturated carbocycles. The molecular formula is C17H17F3N2O4S2. The average molecular weight is 434 g/mol. The number of nitrogens with one attached hydrogen (secondary N) is 1. The summed E-state index contributed by atoms with van der Waals surface area (Å²) < 4.78 is 61.0. The number of terminal acetylenes is 1. The third kappa shape index (κ3) is 6.42. The molecular weight excluding hydrogens is 417 g/mol. The number of hydrogen-bond acceptors (Lipinski definition) is 5. The van der Waals surface area contributed by atoms with Crippen LogP contribution in [0.5, 0.6) is 0 Å². The number of fused-ring (bicyclic) bond motifs is 1. The number of aryl methyl sites for hydroxylation is 1. The Labute approximate surface area is 166 Å². The maximum absolute atomic E-state index is 10.7. The Kier molecular flexibility index (Phi) is 8.31. The second-order valence-electron chi connectivity index (χ2n) is 5.30. The summed E-state index contributed by atoms with van der Waals surface area (Å²) in [6.07, 6.45) is 5.44. The van der Waals surface area contributed by atoms with Crippen molar-refractivity contribution in [2.75, 3.05) is 6.61 Å². The molecule has 0 aliphatic heterocycles. The van der Waals surface area contributed by atoms with Crippen molar-refractivity contribution in [3.8, 4) is 12.3 Å². The quantitative estimate of drug-likeness (QED) is 0.199. The van der Waals surface area contributed by atoms with Crippen molar-refractivity contribution < 1.29 is 35.5 Å². The number of pyridine rings is 1. The normalized spacial score (nSPS) is 11.3. The van der Waals surface area contributed by atoms with Crippen LogP contribution < -0.4 is 10.0 Å². The van der Waals surface area contributed by atoms with Crippen molar-refractivity contribution in [1.82, 2.24) is 5.48 Å². The Balaban J connectivity index is 0.000000416. The number of halogens is 3. The smallest absolute Gasteiger partial charge is 0.485 e. The molecule has 6 nitrogen and oxygen atoms in total. The van der Waals surface area contributed by atoms with E-state index in [2.05, 4.69) is 28.1 Å². The zero-order valence-corrected chi connectivity index (χ0v) is 16.5. The summed E-state index contributed by atoms with van der Waals surface area (Å²) in [5.74, 6) is 2.69. The maximum atomic E-state index is 10.7. The lowest BCUT2D eigenvalue weighted by Gasteiger charge is -2.08. The predicted molar refractivity (Wildman–Crippen MR) is 99.9 cm³/mol. The lowest BCUT2D eigenvalue weighted by Crippen LogP contribution is -2.37. The zero-order chi connectivity index (χ0) is 21.5. The number of hydroxylamine groups is 1. The third-order valence-electron chi connectivity index (χ3n) is 3.35. The molecule has 0 bridgehead atoms. The van der Waals surface area contributed by atoms with Crippen LogP contribution in [0.15, 0.2) is 30.3 Å². The van der Waals surface area contributed by atoms with Gasteiger partial charge in [-0.05, 0) is 31.0 Å². The molecule has 0 fully saturated rings. The van der Waals surface area contributed by atoms with Gasteiger partial charge in [-0.1, -0.05) is 12.2 Å². The summed E-state index contributed by atoms with van der Waals surface area (Å²) in [5.41, 5.74) is 0.279. The number of hydrogen-bond donors (Lipinski definition) is 1. The predicted octanol–water partition coefficient (Wildman–Crippen LogP) is 2.34. The van der Waals surface area contributed by atoms with E-state index in [1.165, 1.54) is 0 Å². The van der Waals surface area contributed by atoms with Gasteiger partial charge in [-0.3, -0.25) is 10.3 Å². The highest BCUT2D eigenvalue weighted by atomic mass is 32.2. The Morgan fingerprint density at radius 3 is 2.46 bits per heavy atom. The largest absolute Gasteiger partial charge is 0.741 e. The standard InChI is InChI=1S/C16H16N2OS.CHF3O3S/c1-4-10-18-12(3)6-7-13-11-14(8-9-15(13)18)16(20)17-19-5-2;2-1(3,4)8(5,6)7/h1,6-9,11H,5,10H2,2-3H3;(H,5,6,7). The number of nitrogens with zero attached hydrogens (tertiary/aromatic N) is 1. The van der Waals surface area contributed by atoms with Crippen LogP contribution in [-0.2, 0) is 21.5 Å². The molecule has 0 spiro atoms. The number of aromatic nitrogens is 1. The monoisotopic (exact) mass is 434 g/mol. The van der Waals surface area contributed by atoms with Crippen LogP contribution in [0.1, 0.15) is 18.2 Å². The van der Waals surface area contributed by atoms with Gasteiger partial charge in [0.05, 0.1) is 6.61 Å². The molecule has 2 rings (SSSR count). The Morgan fingerprint density at radius 2 is 1.96 bits per heavy atom. The van der Waals surface area contributed by atoms with Crippen LogP contribution in [0.2, 0.25) is 0 Å². The first-order valence-corrected chi connectivity index (χ1v) is 9.55. The minimum Gasteiger partial charge on any atom is -0.741 e. The fraction of sp³-hybridized carbons (Fsp3) is 0.294. The van der Waals surface area contributed by atoms with E-state index in [9.17, 15) is 13.2 Å². The molecule has 0 amide bonds. The van der Waals surface area contributed by atoms with E-state index in [1.54, 1.807) is 0 Å². The van der Waals surface area contributed by atoms with Gasteiger partial charge in [-0.25, -0.2) is 8.42 Å². The molecule has 0 saturated heterocycles. The summed E-state index contributed by atoms with van der Waals surface area (Å²) in [7, 11) is -6.09. The van der Waals surface area contributed by atoms with Crippen molar-refractivity contribution in [2.45, 2.75) is 25.9 Å². The molecule has 28 heavy (non-hydrogen) atoms. The molecule has 0 radical (unpaired) electrons. The van der Waals surface area contributed by atoms with Crippen LogP contribution in [0.25, 0.3) is 10.9 Å². The van der Waals surface area contributed by atoms with E-state index in [1.807, 2.05) is 32.0 Å². The van der Waals surface area contributed by atoms with E-state index in [4.69, 9.17) is 36.4 Å². The van der Waals surface area contributed by atoms with Crippen molar-refractivity contribution in [2.24, 2.45) is 0 Å². The highest BCUT2D eigenvalue weighted by Gasteiger charge is 2.36. The molecule has 0 aliphatic rings. The lowest BCUT2D eigenvalue weighted by atomic mass is 10.1. The minimum atomic E-state index is -6.09. The van der Waals surface area contributed by atoms with Crippen LogP contribution in [0, 0.1) is 19.3 Å². The third-order valence-corrected chi connectivity index (χ3v) is 4.24. The summed E-state index contributed by atoms with van der Waals surface area (Å²) in [5, 5.41) is 1.10. The number of benzene rings is 1. The first-order valence-electron chi connectivity index (χ1n) is 7.73. The first kappa shape index (κ1) is 23.8. The van der Waals surface area contributed by atoms with Crippen molar-refractivity contribution >= 4 is 38.2 Å². The number of rotatable bonds is 4. The van der Waals surface area contributed by atoms with E-state index in [0.717, 1.165) is 22.2 Å². The summed E-state index contributed by atoms with van der Waals surface area (Å²) in [6.45, 7) is 5.08. The van der Waals surface area contributed by atoms with Gasteiger partial charge in [0.1, 0.15) is 4.99 Å². The lowest BCUT2D eigenvalue weighted by molar-refractivity contribution is -0.664. The van der Waals surface area contributed by atoms with E-state index < -0.39 is 15.6 Å². The summed E-state index contributed by atoms with van der Waals surface area (Å²) in [6, 6.07) is 10.2. The van der Waals surface area contributed by atoms with Gasteiger partial charge >= 0.3 is 5.51 Å². The summed E-state index contributed by atoms with van der Waals surface area (Å²) >= 11 is 5.28. The molecule has 1 aromatic heterocycles. The zero-order valence-electron chi connectivity index (χ0n) is 14.9. The van der Waals surface area contributed by atoms with Gasteiger partial charge in [0.15, 0.2) is 15.8 Å². The molecule has 2 aromatic rings. The van der Waals surface area contributed by atoms with Crippen LogP contribution in [0.4, 0.5) is 13.2 Å². The molecule has 152 valence electrons. The molecule has 0 aliphatic carbocycles. The first-order chi connectivity index (χ1) is 12.9. The van der Waals surface area contributed by atoms with Crippen molar-refractivity contribution in [3.63, 3.8) is 0 Å². The molecule has 0 atom stereocenters. The maximum Gasteiger partial charge on any atom is 0.485 e. The number of alkyl halides is 3. The molecule has 1 heterocycles. The Hall–Kier alpha value is -2.26. The van der Waals surface area contributed by atoms with E-state index in [-0.39, 0.29) is 0 Å². The number of thiocarbonyl (C=S) groups is 1. The van der Waals surface area contributed by atoms with Crippen molar-refractivity contribution in [1.29, 1.82) is 0 Å². The van der Waals surface area contributed by atoms with Gasteiger partial charge < -0.3 is 4.55 Å². The molecule has 0 unspecified atom stereocenters. The summed E-state index contributed by atoms with van der Waals surface area (Å²) in [4.78, 5) is 5.70. The highest BCUT2D eigenvalue weighted by Crippen LogP contribution is 2.20. The van der Waals surface area contributed by atoms with Gasteiger partial charge in [0.2, 0.25) is 12.1 Å². The van der Waals surface area contributed by atoms with Crippen LogP contribution in [0.3, 0.4) is 0 Å². The molecule has 1 N–H and O–H groups in total. The Morgan fingerprint density at radius 1 is 1.36 bits per heavy atom. The van der Waals surface area contributed by atoms with Gasteiger partial charge in [-0.15, -0.1) is 6.42 Å². The molecule has 1 aromatic carbocycles. The second kappa shape index (κ2) is 9.79. The van der Waals surface area contributed by atoms with E-state index >= 15 is 0 Å². The fourth-order valence-corrected chi connectivity index (χ4v) is 2.25. The van der Waals surface area contributed by atoms with E-state index in [0.29, 0.717) is 18.1 Å². The highest BCUT2D eigenvalue weighted by molar-refractivity contribution is 7.86.